The molecule has 9 aromatic rings. The molecule has 1 unspecified atom stereocenters. The van der Waals surface area contributed by atoms with Crippen LogP contribution in [0.15, 0.2) is 200 Å². The van der Waals surface area contributed by atoms with Gasteiger partial charge in [-0.25, -0.2) is 0 Å². The lowest BCUT2D eigenvalue weighted by Gasteiger charge is -2.32. The van der Waals surface area contributed by atoms with E-state index in [9.17, 15) is 0 Å². The fraction of sp³-hybridized carbons (Fsp3) is 0.0545. The van der Waals surface area contributed by atoms with E-state index in [-0.39, 0.29) is 6.04 Å². The third-order valence-corrected chi connectivity index (χ3v) is 12.9. The molecule has 13 rings (SSSR count). The Hall–Kier alpha value is -7.56. The van der Waals surface area contributed by atoms with Crippen LogP contribution in [-0.2, 0) is 5.41 Å². The lowest BCUT2D eigenvalue weighted by atomic mass is 9.70. The lowest BCUT2D eigenvalue weighted by molar-refractivity contribution is 0.360. The van der Waals surface area contributed by atoms with Crippen molar-refractivity contribution in [1.82, 2.24) is 4.57 Å². The predicted octanol–water partition coefficient (Wildman–Crippen LogP) is 14.6. The van der Waals surface area contributed by atoms with Gasteiger partial charge in [0.05, 0.1) is 17.1 Å². The number of aromatic nitrogens is 1. The molecule has 278 valence electrons. The van der Waals surface area contributed by atoms with Crippen LogP contribution < -0.4 is 14.4 Å². The molecule has 0 radical (unpaired) electrons. The average Bonchev–Trinajstić information content (AvgIpc) is 3.90. The van der Waals surface area contributed by atoms with Crippen LogP contribution in [-0.4, -0.2) is 4.57 Å². The zero-order valence-corrected chi connectivity index (χ0v) is 32.0. The first-order valence-corrected chi connectivity index (χ1v) is 20.4. The molecule has 4 aliphatic rings. The SMILES string of the molecule is C1=CCC(n2c3ccccc3c3cc(N(c4ccccc4)c4cccc5c4Oc4cc6c(cc4O5)-c4ccccc4C64c5ccccc5-c5ccccc54)ccc32)C=C1. The van der Waals surface area contributed by atoms with Gasteiger partial charge >= 0.3 is 0 Å². The third kappa shape index (κ3) is 4.43. The van der Waals surface area contributed by atoms with E-state index in [0.717, 1.165) is 23.5 Å². The summed E-state index contributed by atoms with van der Waals surface area (Å²) in [6, 6.07) is 63.8. The first-order valence-electron chi connectivity index (χ1n) is 20.4. The summed E-state index contributed by atoms with van der Waals surface area (Å²) in [5.74, 6) is 2.79. The van der Waals surface area contributed by atoms with Crippen LogP contribution in [0.25, 0.3) is 44.1 Å². The van der Waals surface area contributed by atoms with Crippen molar-refractivity contribution in [2.45, 2.75) is 17.9 Å². The number of rotatable bonds is 4. The standard InChI is InChI=1S/C55H36N2O2/c1-3-16-35(17-4-1)56(37-30-31-49-43(32-37)41-23-10-14-27-48(41)57(49)36-18-5-2-6-19-36)50-28-15-29-51-54(50)59-53-34-47-42(33-52(53)58-51)40-22-9-13-26-46(40)55(47)44-24-11-7-20-38(44)39-21-8-12-25-45(39)55/h1-18,20-34,36H,19H2. The summed E-state index contributed by atoms with van der Waals surface area (Å²) in [4.78, 5) is 2.30. The molecule has 0 N–H and O–H groups in total. The van der Waals surface area contributed by atoms with E-state index in [4.69, 9.17) is 9.47 Å². The van der Waals surface area contributed by atoms with Gasteiger partial charge in [-0.15, -0.1) is 0 Å². The smallest absolute Gasteiger partial charge is 0.194 e. The summed E-state index contributed by atoms with van der Waals surface area (Å²) < 4.78 is 16.6. The number of benzene rings is 8. The van der Waals surface area contributed by atoms with E-state index in [1.54, 1.807) is 0 Å². The van der Waals surface area contributed by atoms with E-state index in [1.807, 2.05) is 6.07 Å². The average molecular weight is 757 g/mol. The zero-order chi connectivity index (χ0) is 38.7. The van der Waals surface area contributed by atoms with E-state index in [2.05, 4.69) is 204 Å². The second kappa shape index (κ2) is 12.2. The van der Waals surface area contributed by atoms with Gasteiger partial charge in [-0.3, -0.25) is 0 Å². The molecule has 1 spiro atoms. The monoisotopic (exact) mass is 756 g/mol. The van der Waals surface area contributed by atoms with Crippen LogP contribution in [0.1, 0.15) is 34.7 Å². The number of hydrogen-bond donors (Lipinski definition) is 0. The lowest BCUT2D eigenvalue weighted by Crippen LogP contribution is -2.25. The van der Waals surface area contributed by atoms with Crippen molar-refractivity contribution in [2.75, 3.05) is 4.90 Å². The van der Waals surface area contributed by atoms with Gasteiger partial charge in [-0.1, -0.05) is 140 Å². The number of para-hydroxylation sites is 3. The van der Waals surface area contributed by atoms with E-state index < -0.39 is 5.41 Å². The van der Waals surface area contributed by atoms with Crippen LogP contribution in [0, 0.1) is 0 Å². The minimum Gasteiger partial charge on any atom is -0.449 e. The van der Waals surface area contributed by atoms with Gasteiger partial charge in [-0.05, 0) is 112 Å². The normalized spacial score (nSPS) is 15.8. The molecule has 4 nitrogen and oxygen atoms in total. The maximum atomic E-state index is 7.19. The largest absolute Gasteiger partial charge is 0.449 e. The van der Waals surface area contributed by atoms with Gasteiger partial charge in [0.25, 0.3) is 0 Å². The van der Waals surface area contributed by atoms with Crippen molar-refractivity contribution in [3.63, 3.8) is 0 Å². The number of anilines is 3. The number of hydrogen-bond acceptors (Lipinski definition) is 3. The number of fused-ring (bicyclic) bond motifs is 15. The Morgan fingerprint density at radius 2 is 1.14 bits per heavy atom. The molecule has 0 bridgehead atoms. The van der Waals surface area contributed by atoms with Gasteiger partial charge in [0.15, 0.2) is 23.0 Å². The number of nitrogens with zero attached hydrogens (tertiary/aromatic N) is 2. The van der Waals surface area contributed by atoms with Crippen LogP contribution in [0.2, 0.25) is 0 Å². The Labute approximate surface area is 342 Å². The topological polar surface area (TPSA) is 26.6 Å². The second-order valence-electron chi connectivity index (χ2n) is 15.9. The fourth-order valence-corrected chi connectivity index (χ4v) is 10.6. The molecule has 0 amide bonds. The first kappa shape index (κ1) is 32.5. The maximum Gasteiger partial charge on any atom is 0.194 e. The highest BCUT2D eigenvalue weighted by Gasteiger charge is 2.52. The Morgan fingerprint density at radius 1 is 0.475 bits per heavy atom. The summed E-state index contributed by atoms with van der Waals surface area (Å²) in [7, 11) is 0. The molecule has 1 atom stereocenters. The van der Waals surface area contributed by atoms with Gasteiger partial charge in [0, 0.05) is 33.2 Å². The summed E-state index contributed by atoms with van der Waals surface area (Å²) in [6.45, 7) is 0. The molecule has 1 aliphatic heterocycles. The van der Waals surface area contributed by atoms with Crippen molar-refractivity contribution < 1.29 is 9.47 Å². The van der Waals surface area contributed by atoms with Crippen LogP contribution >= 0.6 is 0 Å². The quantitative estimate of drug-likeness (QED) is 0.179. The molecule has 0 saturated carbocycles. The molecule has 1 aromatic heterocycles. The summed E-state index contributed by atoms with van der Waals surface area (Å²) in [6.07, 6.45) is 9.84. The number of allylic oxidation sites excluding steroid dienone is 4. The molecule has 8 aromatic carbocycles. The summed E-state index contributed by atoms with van der Waals surface area (Å²) in [5.41, 5.74) is 15.0. The van der Waals surface area contributed by atoms with Crippen molar-refractivity contribution in [3.8, 4) is 45.3 Å². The van der Waals surface area contributed by atoms with E-state index in [1.165, 1.54) is 66.3 Å². The molecular formula is C55H36N2O2. The molecule has 0 saturated heterocycles. The zero-order valence-electron chi connectivity index (χ0n) is 32.0. The minimum atomic E-state index is -0.480. The highest BCUT2D eigenvalue weighted by atomic mass is 16.6. The van der Waals surface area contributed by atoms with Gasteiger partial charge in [0.1, 0.15) is 0 Å². The van der Waals surface area contributed by atoms with Gasteiger partial charge in [0.2, 0.25) is 0 Å². The molecule has 59 heavy (non-hydrogen) atoms. The van der Waals surface area contributed by atoms with Gasteiger partial charge in [-0.2, -0.15) is 0 Å². The van der Waals surface area contributed by atoms with Crippen LogP contribution in [0.5, 0.6) is 23.0 Å². The van der Waals surface area contributed by atoms with Crippen LogP contribution in [0.3, 0.4) is 0 Å². The van der Waals surface area contributed by atoms with Crippen molar-refractivity contribution in [2.24, 2.45) is 0 Å². The molecule has 4 heteroatoms. The van der Waals surface area contributed by atoms with E-state index in [0.29, 0.717) is 23.0 Å². The second-order valence-corrected chi connectivity index (χ2v) is 15.9. The van der Waals surface area contributed by atoms with Crippen LogP contribution in [0.4, 0.5) is 17.1 Å². The minimum absolute atomic E-state index is 0.254. The summed E-state index contributed by atoms with van der Waals surface area (Å²) >= 11 is 0. The highest BCUT2D eigenvalue weighted by molar-refractivity contribution is 6.10. The van der Waals surface area contributed by atoms with Crippen molar-refractivity contribution >= 4 is 38.9 Å². The molecule has 0 fully saturated rings. The Bertz CT molecular complexity index is 3240. The van der Waals surface area contributed by atoms with Crippen molar-refractivity contribution in [3.05, 3.63) is 222 Å². The Morgan fingerprint density at radius 3 is 1.88 bits per heavy atom. The maximum absolute atomic E-state index is 7.19. The Kier molecular flexibility index (Phi) is 6.74. The molecule has 3 aliphatic carbocycles. The fourth-order valence-electron chi connectivity index (χ4n) is 10.6. The van der Waals surface area contributed by atoms with Crippen molar-refractivity contribution in [1.29, 1.82) is 0 Å². The highest BCUT2D eigenvalue weighted by Crippen LogP contribution is 2.65. The molecular weight excluding hydrogens is 721 g/mol. The number of ether oxygens (including phenoxy) is 2. The summed E-state index contributed by atoms with van der Waals surface area (Å²) in [5, 5.41) is 2.45. The van der Waals surface area contributed by atoms with Gasteiger partial charge < -0.3 is 18.9 Å². The Balaban J connectivity index is 0.990. The predicted molar refractivity (Wildman–Crippen MR) is 239 cm³/mol. The first-order chi connectivity index (χ1) is 29.3. The molecule has 2 heterocycles. The third-order valence-electron chi connectivity index (χ3n) is 12.9. The van der Waals surface area contributed by atoms with E-state index >= 15 is 0 Å².